The number of carbonyl (C=O) groups is 2. The Kier molecular flexibility index (Phi) is 5.00. The zero-order valence-corrected chi connectivity index (χ0v) is 13.1. The molecule has 7 heteroatoms. The lowest BCUT2D eigenvalue weighted by molar-refractivity contribution is -0.152. The van der Waals surface area contributed by atoms with Gasteiger partial charge in [-0.25, -0.2) is 9.59 Å². The second-order valence-electron chi connectivity index (χ2n) is 5.14. The third kappa shape index (κ3) is 4.32. The van der Waals surface area contributed by atoms with E-state index in [4.69, 9.17) is 13.9 Å². The van der Waals surface area contributed by atoms with Crippen LogP contribution in [0, 0.1) is 6.92 Å². The van der Waals surface area contributed by atoms with Gasteiger partial charge in [0.2, 0.25) is 0 Å². The molecule has 0 saturated carbocycles. The maximum absolute atomic E-state index is 11.5. The minimum atomic E-state index is -0.661. The lowest BCUT2D eigenvalue weighted by Crippen LogP contribution is -2.28. The van der Waals surface area contributed by atoms with Gasteiger partial charge >= 0.3 is 11.6 Å². The van der Waals surface area contributed by atoms with Crippen molar-refractivity contribution in [2.75, 3.05) is 27.3 Å². The molecule has 0 aliphatic rings. The largest absolute Gasteiger partial charge is 0.482 e. The van der Waals surface area contributed by atoms with Gasteiger partial charge in [-0.05, 0) is 24.6 Å². The predicted octanol–water partition coefficient (Wildman–Crippen LogP) is 1.11. The third-order valence-electron chi connectivity index (χ3n) is 3.13. The topological polar surface area (TPSA) is 86.0 Å². The van der Waals surface area contributed by atoms with E-state index in [1.54, 1.807) is 33.2 Å². The van der Waals surface area contributed by atoms with Crippen molar-refractivity contribution in [3.63, 3.8) is 0 Å². The Hall–Kier alpha value is -2.83. The molecule has 7 nitrogen and oxygen atoms in total. The monoisotopic (exact) mass is 319 g/mol. The number of likely N-dealkylation sites (N-methyl/N-ethyl adjacent to an activating group) is 1. The van der Waals surface area contributed by atoms with Crippen LogP contribution in [0.5, 0.6) is 5.75 Å². The molecule has 1 aromatic heterocycles. The van der Waals surface area contributed by atoms with E-state index in [1.165, 1.54) is 17.0 Å². The SMILES string of the molecule is Cc1cc(=O)oc2cc(OCC(=O)OCC(=O)N(C)C)ccc12. The van der Waals surface area contributed by atoms with Gasteiger partial charge in [-0.3, -0.25) is 4.79 Å². The van der Waals surface area contributed by atoms with E-state index in [1.807, 2.05) is 0 Å². The molecule has 0 spiro atoms. The van der Waals surface area contributed by atoms with Crippen LogP contribution in [0.1, 0.15) is 5.56 Å². The van der Waals surface area contributed by atoms with Crippen molar-refractivity contribution in [3.05, 3.63) is 40.2 Å². The van der Waals surface area contributed by atoms with Crippen molar-refractivity contribution in [3.8, 4) is 5.75 Å². The number of hydrogen-bond acceptors (Lipinski definition) is 6. The van der Waals surface area contributed by atoms with Crippen molar-refractivity contribution in [2.45, 2.75) is 6.92 Å². The normalized spacial score (nSPS) is 10.4. The van der Waals surface area contributed by atoms with Crippen molar-refractivity contribution < 1.29 is 23.5 Å². The van der Waals surface area contributed by atoms with Gasteiger partial charge < -0.3 is 18.8 Å². The van der Waals surface area contributed by atoms with Crippen LogP contribution in [-0.2, 0) is 14.3 Å². The fraction of sp³-hybridized carbons (Fsp3) is 0.312. The van der Waals surface area contributed by atoms with E-state index in [9.17, 15) is 14.4 Å². The molecule has 0 saturated heterocycles. The molecule has 0 aliphatic heterocycles. The molecule has 0 atom stereocenters. The number of benzene rings is 1. The predicted molar refractivity (Wildman–Crippen MR) is 82.4 cm³/mol. The Bertz CT molecular complexity index is 793. The van der Waals surface area contributed by atoms with E-state index in [-0.39, 0.29) is 19.1 Å². The van der Waals surface area contributed by atoms with Gasteiger partial charge in [-0.1, -0.05) is 0 Å². The standard InChI is InChI=1S/C16H17NO6/c1-10-6-15(19)23-13-7-11(4-5-12(10)13)21-9-16(20)22-8-14(18)17(2)3/h4-7H,8-9H2,1-3H3. The van der Waals surface area contributed by atoms with Crippen LogP contribution < -0.4 is 10.4 Å². The number of nitrogens with zero attached hydrogens (tertiary/aromatic N) is 1. The molecular weight excluding hydrogens is 302 g/mol. The van der Waals surface area contributed by atoms with Gasteiger partial charge in [0.25, 0.3) is 5.91 Å². The van der Waals surface area contributed by atoms with Gasteiger partial charge in [0, 0.05) is 31.6 Å². The summed E-state index contributed by atoms with van der Waals surface area (Å²) < 4.78 is 15.2. The molecular formula is C16H17NO6. The number of fused-ring (bicyclic) bond motifs is 1. The summed E-state index contributed by atoms with van der Waals surface area (Å²) in [5, 5.41) is 0.788. The first kappa shape index (κ1) is 16.5. The summed E-state index contributed by atoms with van der Waals surface area (Å²) in [5.74, 6) is -0.616. The van der Waals surface area contributed by atoms with Crippen molar-refractivity contribution in [1.82, 2.24) is 4.90 Å². The lowest BCUT2D eigenvalue weighted by Gasteiger charge is -2.11. The fourth-order valence-corrected chi connectivity index (χ4v) is 1.85. The zero-order chi connectivity index (χ0) is 17.0. The number of carbonyl (C=O) groups excluding carboxylic acids is 2. The number of esters is 1. The van der Waals surface area contributed by atoms with Crippen LogP contribution in [0.3, 0.4) is 0 Å². The van der Waals surface area contributed by atoms with E-state index in [2.05, 4.69) is 0 Å². The molecule has 2 aromatic rings. The summed E-state index contributed by atoms with van der Waals surface area (Å²) in [5.41, 5.74) is 0.724. The van der Waals surface area contributed by atoms with Crippen LogP contribution in [0.25, 0.3) is 11.0 Å². The van der Waals surface area contributed by atoms with Crippen LogP contribution >= 0.6 is 0 Å². The molecule has 0 radical (unpaired) electrons. The molecule has 0 unspecified atom stereocenters. The minimum absolute atomic E-state index is 0.318. The Balaban J connectivity index is 1.98. The van der Waals surface area contributed by atoms with Crippen LogP contribution in [-0.4, -0.2) is 44.1 Å². The number of ether oxygens (including phenoxy) is 2. The summed E-state index contributed by atoms with van der Waals surface area (Å²) >= 11 is 0. The molecule has 1 amide bonds. The third-order valence-corrected chi connectivity index (χ3v) is 3.13. The van der Waals surface area contributed by atoms with Crippen molar-refractivity contribution >= 4 is 22.8 Å². The quantitative estimate of drug-likeness (QED) is 0.606. The molecule has 1 heterocycles. The average molecular weight is 319 g/mol. The number of hydrogen-bond donors (Lipinski definition) is 0. The molecule has 0 aliphatic carbocycles. The van der Waals surface area contributed by atoms with Gasteiger partial charge in [0.1, 0.15) is 11.3 Å². The Morgan fingerprint density at radius 2 is 1.91 bits per heavy atom. The summed E-state index contributed by atoms with van der Waals surface area (Å²) in [6.07, 6.45) is 0. The van der Waals surface area contributed by atoms with Gasteiger partial charge in [0.15, 0.2) is 13.2 Å². The Labute approximate surface area is 132 Å². The van der Waals surface area contributed by atoms with E-state index in [0.29, 0.717) is 11.3 Å². The van der Waals surface area contributed by atoms with E-state index >= 15 is 0 Å². The van der Waals surface area contributed by atoms with Gasteiger partial charge in [-0.15, -0.1) is 0 Å². The van der Waals surface area contributed by atoms with Crippen LogP contribution in [0.4, 0.5) is 0 Å². The Morgan fingerprint density at radius 1 is 1.17 bits per heavy atom. The van der Waals surface area contributed by atoms with Crippen LogP contribution in [0.2, 0.25) is 0 Å². The first-order valence-electron chi connectivity index (χ1n) is 6.90. The average Bonchev–Trinajstić information content (AvgIpc) is 2.49. The van der Waals surface area contributed by atoms with E-state index in [0.717, 1.165) is 10.9 Å². The number of aryl methyl sites for hydroxylation is 1. The first-order valence-corrected chi connectivity index (χ1v) is 6.90. The first-order chi connectivity index (χ1) is 10.9. The maximum atomic E-state index is 11.5. The van der Waals surface area contributed by atoms with E-state index < -0.39 is 11.6 Å². The Morgan fingerprint density at radius 3 is 2.61 bits per heavy atom. The zero-order valence-electron chi connectivity index (χ0n) is 13.1. The molecule has 122 valence electrons. The maximum Gasteiger partial charge on any atom is 0.344 e. The smallest absolute Gasteiger partial charge is 0.344 e. The lowest BCUT2D eigenvalue weighted by atomic mass is 10.1. The fourth-order valence-electron chi connectivity index (χ4n) is 1.85. The summed E-state index contributed by atoms with van der Waals surface area (Å²) in [4.78, 5) is 35.5. The molecule has 1 aromatic carbocycles. The molecule has 0 bridgehead atoms. The summed E-state index contributed by atoms with van der Waals surface area (Å²) in [7, 11) is 3.13. The highest BCUT2D eigenvalue weighted by Crippen LogP contribution is 2.22. The minimum Gasteiger partial charge on any atom is -0.482 e. The van der Waals surface area contributed by atoms with Gasteiger partial charge in [0.05, 0.1) is 0 Å². The second kappa shape index (κ2) is 6.95. The number of amides is 1. The van der Waals surface area contributed by atoms with Crippen LogP contribution in [0.15, 0.2) is 33.5 Å². The molecule has 0 fully saturated rings. The highest BCUT2D eigenvalue weighted by Gasteiger charge is 2.10. The molecule has 2 rings (SSSR count). The highest BCUT2D eigenvalue weighted by molar-refractivity contribution is 5.82. The number of rotatable bonds is 5. The molecule has 23 heavy (non-hydrogen) atoms. The van der Waals surface area contributed by atoms with Gasteiger partial charge in [-0.2, -0.15) is 0 Å². The van der Waals surface area contributed by atoms with Crippen molar-refractivity contribution in [1.29, 1.82) is 0 Å². The highest BCUT2D eigenvalue weighted by atomic mass is 16.6. The second-order valence-corrected chi connectivity index (χ2v) is 5.14. The van der Waals surface area contributed by atoms with Crippen molar-refractivity contribution in [2.24, 2.45) is 0 Å². The summed E-state index contributed by atoms with van der Waals surface area (Å²) in [6.45, 7) is 1.13. The molecule has 0 N–H and O–H groups in total. The summed E-state index contributed by atoms with van der Waals surface area (Å²) in [6, 6.07) is 6.33.